The van der Waals surface area contributed by atoms with Crippen LogP contribution in [0.4, 0.5) is 5.69 Å². The van der Waals surface area contributed by atoms with Crippen molar-refractivity contribution in [1.82, 2.24) is 0 Å². The molecule has 1 unspecified atom stereocenters. The van der Waals surface area contributed by atoms with Gasteiger partial charge >= 0.3 is 0 Å². The molecule has 0 aromatic heterocycles. The third-order valence-electron chi connectivity index (χ3n) is 6.03. The molecule has 3 aromatic carbocycles. The zero-order chi connectivity index (χ0) is 25.3. The van der Waals surface area contributed by atoms with Gasteiger partial charge in [-0.1, -0.05) is 67.0 Å². The van der Waals surface area contributed by atoms with Crippen LogP contribution < -0.4 is 9.64 Å². The van der Waals surface area contributed by atoms with E-state index in [0.717, 1.165) is 21.3 Å². The first-order chi connectivity index (χ1) is 16.6. The number of carbonyl (C=O) groups is 2. The molecule has 180 valence electrons. The number of nitrogens with zero attached hydrogens (tertiary/aromatic N) is 1. The molecule has 1 amide bonds. The van der Waals surface area contributed by atoms with Crippen molar-refractivity contribution in [2.75, 3.05) is 11.5 Å². The van der Waals surface area contributed by atoms with Crippen LogP contribution in [0.1, 0.15) is 50.4 Å². The number of ketones is 1. The summed E-state index contributed by atoms with van der Waals surface area (Å²) in [6.07, 6.45) is 0. The Kier molecular flexibility index (Phi) is 6.86. The van der Waals surface area contributed by atoms with Gasteiger partial charge in [0.15, 0.2) is 0 Å². The number of halogens is 1. The van der Waals surface area contributed by atoms with Crippen molar-refractivity contribution in [2.24, 2.45) is 0 Å². The van der Waals surface area contributed by atoms with Crippen molar-refractivity contribution < 1.29 is 19.4 Å². The molecule has 0 saturated carbocycles. The second-order valence-electron chi connectivity index (χ2n) is 9.45. The fraction of sp³-hybridized carbons (Fsp3) is 0.241. The van der Waals surface area contributed by atoms with Gasteiger partial charge in [-0.05, 0) is 60.4 Å². The molecule has 1 heterocycles. The average molecular weight is 534 g/mol. The quantitative estimate of drug-likeness (QED) is 0.223. The Balaban J connectivity index is 1.94. The standard InChI is InChI=1S/C29H28BrNO4/c1-5-35-23-16-13-19(17-22(23)29(2,3)4)26(32)24-25(18-11-14-20(30)15-12-18)31(28(34)27(24)33)21-9-7-6-8-10-21/h6-17,25,32H,5H2,1-4H3/b26-24-. The highest BCUT2D eigenvalue weighted by Gasteiger charge is 2.47. The summed E-state index contributed by atoms with van der Waals surface area (Å²) in [4.78, 5) is 28.1. The monoisotopic (exact) mass is 533 g/mol. The van der Waals surface area contributed by atoms with E-state index in [0.29, 0.717) is 17.9 Å². The molecule has 1 aliphatic rings. The Bertz CT molecular complexity index is 1290. The van der Waals surface area contributed by atoms with Crippen LogP contribution in [0.2, 0.25) is 0 Å². The summed E-state index contributed by atoms with van der Waals surface area (Å²) in [5.74, 6) is -0.868. The number of ether oxygens (including phenoxy) is 1. The number of benzene rings is 3. The Labute approximate surface area is 214 Å². The minimum absolute atomic E-state index is 0.0604. The molecule has 0 radical (unpaired) electrons. The molecule has 4 rings (SSSR count). The molecule has 0 aliphatic carbocycles. The number of carbonyl (C=O) groups excluding carboxylic acids is 2. The van der Waals surface area contributed by atoms with E-state index in [1.807, 2.05) is 55.5 Å². The summed E-state index contributed by atoms with van der Waals surface area (Å²) in [6.45, 7) is 8.62. The van der Waals surface area contributed by atoms with Crippen LogP contribution in [0.15, 0.2) is 82.8 Å². The SMILES string of the molecule is CCOc1ccc(/C(O)=C2/C(=O)C(=O)N(c3ccccc3)C2c2ccc(Br)cc2)cc1C(C)(C)C. The van der Waals surface area contributed by atoms with E-state index < -0.39 is 17.7 Å². The number of hydrogen-bond acceptors (Lipinski definition) is 4. The van der Waals surface area contributed by atoms with Gasteiger partial charge in [-0.15, -0.1) is 0 Å². The number of hydrogen-bond donors (Lipinski definition) is 1. The molecule has 35 heavy (non-hydrogen) atoms. The van der Waals surface area contributed by atoms with E-state index in [1.165, 1.54) is 4.90 Å². The number of aliphatic hydroxyl groups excluding tert-OH is 1. The van der Waals surface area contributed by atoms with Crippen molar-refractivity contribution in [3.8, 4) is 5.75 Å². The molecule has 3 aromatic rings. The highest BCUT2D eigenvalue weighted by atomic mass is 79.9. The fourth-order valence-electron chi connectivity index (χ4n) is 4.35. The van der Waals surface area contributed by atoms with Crippen LogP contribution in [0.25, 0.3) is 5.76 Å². The van der Waals surface area contributed by atoms with Crippen LogP contribution in [-0.2, 0) is 15.0 Å². The van der Waals surface area contributed by atoms with E-state index in [-0.39, 0.29) is 16.7 Å². The third kappa shape index (κ3) is 4.76. The van der Waals surface area contributed by atoms with Gasteiger partial charge in [0.2, 0.25) is 0 Å². The summed E-state index contributed by atoms with van der Waals surface area (Å²) >= 11 is 3.44. The first-order valence-electron chi connectivity index (χ1n) is 11.5. The van der Waals surface area contributed by atoms with Gasteiger partial charge in [0, 0.05) is 21.3 Å². The van der Waals surface area contributed by atoms with Crippen molar-refractivity contribution in [1.29, 1.82) is 0 Å². The van der Waals surface area contributed by atoms with Gasteiger partial charge in [0.05, 0.1) is 18.2 Å². The van der Waals surface area contributed by atoms with Gasteiger partial charge in [0.1, 0.15) is 11.5 Å². The van der Waals surface area contributed by atoms with E-state index in [9.17, 15) is 14.7 Å². The minimum Gasteiger partial charge on any atom is -0.507 e. The van der Waals surface area contributed by atoms with Crippen molar-refractivity contribution in [2.45, 2.75) is 39.2 Å². The van der Waals surface area contributed by atoms with Crippen LogP contribution >= 0.6 is 15.9 Å². The first-order valence-corrected chi connectivity index (χ1v) is 12.3. The number of aliphatic hydroxyl groups is 1. The van der Waals surface area contributed by atoms with E-state index in [4.69, 9.17) is 4.74 Å². The smallest absolute Gasteiger partial charge is 0.300 e. The zero-order valence-corrected chi connectivity index (χ0v) is 21.8. The molecule has 0 bridgehead atoms. The number of rotatable bonds is 5. The number of para-hydroxylation sites is 1. The topological polar surface area (TPSA) is 66.8 Å². The summed E-state index contributed by atoms with van der Waals surface area (Å²) < 4.78 is 6.68. The molecule has 0 spiro atoms. The summed E-state index contributed by atoms with van der Waals surface area (Å²) in [7, 11) is 0. The largest absolute Gasteiger partial charge is 0.507 e. The first kappa shape index (κ1) is 24.7. The third-order valence-corrected chi connectivity index (χ3v) is 6.55. The number of anilines is 1. The minimum atomic E-state index is -0.768. The lowest BCUT2D eigenvalue weighted by molar-refractivity contribution is -0.132. The van der Waals surface area contributed by atoms with Crippen LogP contribution in [0.3, 0.4) is 0 Å². The molecule has 1 atom stereocenters. The number of Topliss-reactive ketones (excluding diaryl/α,β-unsaturated/α-hetero) is 1. The van der Waals surface area contributed by atoms with Gasteiger partial charge < -0.3 is 9.84 Å². The Morgan fingerprint density at radius 3 is 2.26 bits per heavy atom. The molecule has 1 aliphatic heterocycles. The lowest BCUT2D eigenvalue weighted by Crippen LogP contribution is -2.29. The predicted molar refractivity (Wildman–Crippen MR) is 142 cm³/mol. The lowest BCUT2D eigenvalue weighted by Gasteiger charge is -2.26. The Morgan fingerprint density at radius 1 is 1.00 bits per heavy atom. The Morgan fingerprint density at radius 2 is 1.66 bits per heavy atom. The van der Waals surface area contributed by atoms with Crippen LogP contribution in [0.5, 0.6) is 5.75 Å². The molecular formula is C29H28BrNO4. The zero-order valence-electron chi connectivity index (χ0n) is 20.2. The maximum Gasteiger partial charge on any atom is 0.300 e. The highest BCUT2D eigenvalue weighted by Crippen LogP contribution is 2.43. The molecule has 6 heteroatoms. The van der Waals surface area contributed by atoms with E-state index in [2.05, 4.69) is 36.7 Å². The lowest BCUT2D eigenvalue weighted by atomic mass is 9.84. The van der Waals surface area contributed by atoms with Gasteiger partial charge in [-0.3, -0.25) is 14.5 Å². The summed E-state index contributed by atoms with van der Waals surface area (Å²) in [5, 5.41) is 11.5. The maximum atomic E-state index is 13.4. The molecular weight excluding hydrogens is 506 g/mol. The maximum absolute atomic E-state index is 13.4. The van der Waals surface area contributed by atoms with Crippen molar-refractivity contribution in [3.05, 3.63) is 99.5 Å². The normalized spacial score (nSPS) is 17.6. The van der Waals surface area contributed by atoms with Gasteiger partial charge in [-0.25, -0.2) is 0 Å². The van der Waals surface area contributed by atoms with Crippen LogP contribution in [0, 0.1) is 0 Å². The highest BCUT2D eigenvalue weighted by molar-refractivity contribution is 9.10. The van der Waals surface area contributed by atoms with Gasteiger partial charge in [-0.2, -0.15) is 0 Å². The Hall–Kier alpha value is -3.38. The second kappa shape index (κ2) is 9.70. The van der Waals surface area contributed by atoms with Crippen LogP contribution in [-0.4, -0.2) is 23.4 Å². The molecule has 1 fully saturated rings. The predicted octanol–water partition coefficient (Wildman–Crippen LogP) is 6.77. The van der Waals surface area contributed by atoms with E-state index in [1.54, 1.807) is 24.3 Å². The molecule has 5 nitrogen and oxygen atoms in total. The number of amides is 1. The van der Waals surface area contributed by atoms with Gasteiger partial charge in [0.25, 0.3) is 11.7 Å². The molecule has 1 saturated heterocycles. The summed E-state index contributed by atoms with van der Waals surface area (Å²) in [6, 6.07) is 21.1. The van der Waals surface area contributed by atoms with Crippen molar-refractivity contribution in [3.63, 3.8) is 0 Å². The molecule has 1 N–H and O–H groups in total. The fourth-order valence-corrected chi connectivity index (χ4v) is 4.61. The van der Waals surface area contributed by atoms with E-state index >= 15 is 0 Å². The van der Waals surface area contributed by atoms with Crippen molar-refractivity contribution >= 4 is 39.1 Å². The second-order valence-corrected chi connectivity index (χ2v) is 10.4. The average Bonchev–Trinajstić information content (AvgIpc) is 3.10. The summed E-state index contributed by atoms with van der Waals surface area (Å²) in [5.41, 5.74) is 2.48.